The molecule has 0 unspecified atom stereocenters. The quantitative estimate of drug-likeness (QED) is 0.339. The summed E-state index contributed by atoms with van der Waals surface area (Å²) in [6.45, 7) is 4.36. The van der Waals surface area contributed by atoms with Crippen LogP contribution in [0.3, 0.4) is 0 Å². The highest BCUT2D eigenvalue weighted by Gasteiger charge is 2.13. The zero-order chi connectivity index (χ0) is 21.3. The third kappa shape index (κ3) is 7.54. The van der Waals surface area contributed by atoms with Crippen LogP contribution in [0.25, 0.3) is 0 Å². The van der Waals surface area contributed by atoms with Gasteiger partial charge in [-0.15, -0.1) is 0 Å². The Hall–Kier alpha value is -1.75. The van der Waals surface area contributed by atoms with Gasteiger partial charge >= 0.3 is 0 Å². The molecule has 0 radical (unpaired) electrons. The van der Waals surface area contributed by atoms with Gasteiger partial charge in [0.1, 0.15) is 5.82 Å². The maximum absolute atomic E-state index is 12.4. The normalized spacial score (nSPS) is 12.6. The van der Waals surface area contributed by atoms with Crippen LogP contribution in [0.5, 0.6) is 0 Å². The third-order valence-corrected chi connectivity index (χ3v) is 6.20. The van der Waals surface area contributed by atoms with Gasteiger partial charge in [-0.1, -0.05) is 26.2 Å². The summed E-state index contributed by atoms with van der Waals surface area (Å²) in [7, 11) is -3.51. The number of unbranched alkanes of at least 4 members (excludes halogenated alkanes) is 3. The fraction of sp³-hybridized carbons (Fsp3) is 0.474. The van der Waals surface area contributed by atoms with Gasteiger partial charge in [0, 0.05) is 24.5 Å². The molecule has 0 spiro atoms. The van der Waals surface area contributed by atoms with Crippen molar-refractivity contribution in [3.8, 4) is 0 Å². The molecule has 10 heteroatoms. The molecule has 1 heterocycles. The molecule has 0 amide bonds. The first-order chi connectivity index (χ1) is 13.9. The van der Waals surface area contributed by atoms with E-state index >= 15 is 0 Å². The first-order valence-corrected chi connectivity index (χ1v) is 11.9. The summed E-state index contributed by atoms with van der Waals surface area (Å²) < 4.78 is 28.0. The smallest absolute Gasteiger partial charge is 0.240 e. The number of nitrogens with zero attached hydrogens (tertiary/aromatic N) is 2. The van der Waals surface area contributed by atoms with Crippen molar-refractivity contribution < 1.29 is 13.5 Å². The number of hydrogen-bond acceptors (Lipinski definition) is 7. The van der Waals surface area contributed by atoms with Crippen LogP contribution in [0.4, 0.5) is 17.5 Å². The molecule has 0 saturated heterocycles. The predicted octanol–water partition coefficient (Wildman–Crippen LogP) is 3.63. The molecule has 29 heavy (non-hydrogen) atoms. The van der Waals surface area contributed by atoms with Crippen LogP contribution in [0.1, 0.15) is 39.5 Å². The summed E-state index contributed by atoms with van der Waals surface area (Å²) in [6.07, 6.45) is 5.67. The number of benzene rings is 1. The van der Waals surface area contributed by atoms with Crippen LogP contribution in [0.2, 0.25) is 0 Å². The third-order valence-electron chi connectivity index (χ3n) is 4.14. The van der Waals surface area contributed by atoms with E-state index in [2.05, 4.69) is 48.2 Å². The molecule has 0 aliphatic heterocycles. The van der Waals surface area contributed by atoms with Gasteiger partial charge < -0.3 is 15.7 Å². The molecular weight excluding hydrogens is 458 g/mol. The lowest BCUT2D eigenvalue weighted by molar-refractivity contribution is 0.281. The molecule has 0 aliphatic carbocycles. The summed E-state index contributed by atoms with van der Waals surface area (Å²) in [5, 5.41) is 15.3. The number of sulfonamides is 1. The van der Waals surface area contributed by atoms with E-state index in [-0.39, 0.29) is 17.5 Å². The minimum atomic E-state index is -3.51. The number of anilines is 3. The average Bonchev–Trinajstić information content (AvgIpc) is 2.70. The molecule has 1 atom stereocenters. The highest BCUT2D eigenvalue weighted by Crippen LogP contribution is 2.23. The molecule has 4 N–H and O–H groups in total. The Labute approximate surface area is 180 Å². The lowest BCUT2D eigenvalue weighted by atomic mass is 10.2. The Kier molecular flexibility index (Phi) is 9.28. The lowest BCUT2D eigenvalue weighted by Gasteiger charge is -2.14. The van der Waals surface area contributed by atoms with Gasteiger partial charge in [0.2, 0.25) is 16.0 Å². The molecule has 8 nitrogen and oxygen atoms in total. The molecule has 1 aromatic heterocycles. The molecule has 0 bridgehead atoms. The van der Waals surface area contributed by atoms with Crippen LogP contribution in [-0.4, -0.2) is 42.7 Å². The number of aliphatic hydroxyl groups excluding tert-OH is 1. The van der Waals surface area contributed by atoms with E-state index in [1.165, 1.54) is 0 Å². The Morgan fingerprint density at radius 2 is 1.90 bits per heavy atom. The van der Waals surface area contributed by atoms with Crippen molar-refractivity contribution in [1.29, 1.82) is 0 Å². The van der Waals surface area contributed by atoms with Gasteiger partial charge in [0.15, 0.2) is 0 Å². The maximum Gasteiger partial charge on any atom is 0.240 e. The van der Waals surface area contributed by atoms with Crippen LogP contribution in [0, 0.1) is 0 Å². The summed E-state index contributed by atoms with van der Waals surface area (Å²) in [6, 6.07) is 6.26. The van der Waals surface area contributed by atoms with E-state index in [0.29, 0.717) is 28.5 Å². The Morgan fingerprint density at radius 3 is 2.55 bits per heavy atom. The van der Waals surface area contributed by atoms with Gasteiger partial charge in [0.25, 0.3) is 0 Å². The van der Waals surface area contributed by atoms with Gasteiger partial charge in [-0.3, -0.25) is 0 Å². The molecule has 2 aromatic rings. The second-order valence-corrected chi connectivity index (χ2v) is 9.35. The monoisotopic (exact) mass is 485 g/mol. The van der Waals surface area contributed by atoms with Crippen LogP contribution >= 0.6 is 15.9 Å². The van der Waals surface area contributed by atoms with Crippen molar-refractivity contribution in [2.75, 3.05) is 23.8 Å². The van der Waals surface area contributed by atoms with E-state index in [4.69, 9.17) is 0 Å². The van der Waals surface area contributed by atoms with Crippen LogP contribution in [-0.2, 0) is 10.0 Å². The van der Waals surface area contributed by atoms with Crippen molar-refractivity contribution in [3.05, 3.63) is 34.9 Å². The molecule has 0 saturated carbocycles. The van der Waals surface area contributed by atoms with E-state index in [0.717, 1.165) is 25.7 Å². The van der Waals surface area contributed by atoms with E-state index in [1.807, 2.05) is 6.92 Å². The topological polar surface area (TPSA) is 116 Å². The fourth-order valence-electron chi connectivity index (χ4n) is 2.50. The summed E-state index contributed by atoms with van der Waals surface area (Å²) in [5.74, 6) is 0.904. The first kappa shape index (κ1) is 23.5. The van der Waals surface area contributed by atoms with E-state index in [9.17, 15) is 13.5 Å². The number of aromatic nitrogens is 2. The number of nitrogens with one attached hydrogen (secondary N) is 3. The van der Waals surface area contributed by atoms with Gasteiger partial charge in [-0.05, 0) is 53.5 Å². The summed E-state index contributed by atoms with van der Waals surface area (Å²) in [4.78, 5) is 8.79. The maximum atomic E-state index is 12.4. The summed E-state index contributed by atoms with van der Waals surface area (Å²) in [5.41, 5.74) is 0.662. The van der Waals surface area contributed by atoms with Gasteiger partial charge in [0.05, 0.1) is 16.0 Å². The van der Waals surface area contributed by atoms with Crippen molar-refractivity contribution in [2.24, 2.45) is 0 Å². The summed E-state index contributed by atoms with van der Waals surface area (Å²) >= 11 is 3.37. The van der Waals surface area contributed by atoms with Gasteiger partial charge in [-0.2, -0.15) is 4.98 Å². The largest absolute Gasteiger partial charge is 0.394 e. The van der Waals surface area contributed by atoms with Gasteiger partial charge in [-0.25, -0.2) is 18.1 Å². The fourth-order valence-corrected chi connectivity index (χ4v) is 3.88. The van der Waals surface area contributed by atoms with Crippen LogP contribution < -0.4 is 15.4 Å². The second-order valence-electron chi connectivity index (χ2n) is 6.73. The predicted molar refractivity (Wildman–Crippen MR) is 119 cm³/mol. The average molecular weight is 486 g/mol. The number of halogens is 1. The Bertz CT molecular complexity index is 878. The van der Waals surface area contributed by atoms with Crippen molar-refractivity contribution in [3.63, 3.8) is 0 Å². The number of rotatable bonds is 12. The van der Waals surface area contributed by atoms with Crippen molar-refractivity contribution in [2.45, 2.75) is 50.5 Å². The van der Waals surface area contributed by atoms with Crippen molar-refractivity contribution in [1.82, 2.24) is 14.7 Å². The number of aliphatic hydroxyl groups is 1. The zero-order valence-electron chi connectivity index (χ0n) is 16.7. The number of hydrogen-bond donors (Lipinski definition) is 4. The Balaban J connectivity index is 2.01. The first-order valence-electron chi connectivity index (χ1n) is 9.62. The molecule has 2 rings (SSSR count). The van der Waals surface area contributed by atoms with Crippen molar-refractivity contribution >= 4 is 43.4 Å². The molecule has 1 aromatic carbocycles. The Morgan fingerprint density at radius 1 is 1.17 bits per heavy atom. The van der Waals surface area contributed by atoms with E-state index in [1.54, 1.807) is 30.5 Å². The SMILES string of the molecule is CCCCCCNS(=O)(=O)c1ccc(Nc2ncc(Br)c(N[C@H](C)CO)n2)cc1. The minimum absolute atomic E-state index is 0.0260. The molecule has 0 fully saturated rings. The second kappa shape index (κ2) is 11.4. The highest BCUT2D eigenvalue weighted by molar-refractivity contribution is 9.10. The van der Waals surface area contributed by atoms with Crippen LogP contribution in [0.15, 0.2) is 39.8 Å². The van der Waals surface area contributed by atoms with E-state index < -0.39 is 10.0 Å². The standard InChI is InChI=1S/C19H28BrN5O3S/c1-3-4-5-6-11-22-29(27,28)16-9-7-15(8-10-16)24-19-21-12-17(20)18(25-19)23-14(2)13-26/h7-10,12,14,22,26H,3-6,11,13H2,1-2H3,(H2,21,23,24,25)/t14-/m1/s1. The zero-order valence-corrected chi connectivity index (χ0v) is 19.1. The molecule has 160 valence electrons. The minimum Gasteiger partial charge on any atom is -0.394 e. The lowest BCUT2D eigenvalue weighted by Crippen LogP contribution is -2.24. The highest BCUT2D eigenvalue weighted by atomic mass is 79.9. The molecular formula is C19H28BrN5O3S. The molecule has 0 aliphatic rings.